The van der Waals surface area contributed by atoms with E-state index in [0.29, 0.717) is 8.61 Å². The van der Waals surface area contributed by atoms with Gasteiger partial charge >= 0.3 is 46.6 Å². The first-order chi connectivity index (χ1) is 22.4. The molecule has 0 unspecified atom stereocenters. The zero-order chi connectivity index (χ0) is 38.5. The molecule has 0 aliphatic carbocycles. The van der Waals surface area contributed by atoms with Gasteiger partial charge in [0.25, 0.3) is 11.8 Å². The van der Waals surface area contributed by atoms with Crippen LogP contribution in [0.1, 0.15) is 20.7 Å². The van der Waals surface area contributed by atoms with Crippen LogP contribution in [0.2, 0.25) is 0 Å². The maximum Gasteiger partial charge on any atom is 0.460 e. The molecule has 2 amide bonds. The van der Waals surface area contributed by atoms with Crippen LogP contribution in [0.15, 0.2) is 24.3 Å². The minimum absolute atomic E-state index is 0.236. The lowest BCUT2D eigenvalue weighted by Crippen LogP contribution is -2.60. The van der Waals surface area contributed by atoms with Crippen molar-refractivity contribution in [1.82, 2.24) is 18.4 Å². The number of rotatable bonds is 10. The van der Waals surface area contributed by atoms with Gasteiger partial charge in [-0.15, -0.1) is 0 Å². The molecule has 0 spiro atoms. The Morgan fingerprint density at radius 2 is 0.740 bits per heavy atom. The van der Waals surface area contributed by atoms with Gasteiger partial charge in [-0.3, -0.25) is 9.59 Å². The van der Waals surface area contributed by atoms with Crippen LogP contribution < -0.4 is 0 Å². The highest BCUT2D eigenvalue weighted by molar-refractivity contribution is 7.98. The largest absolute Gasteiger partial charge is 0.460 e. The first-order valence-electron chi connectivity index (χ1n) is 13.4. The second-order valence-electron chi connectivity index (χ2n) is 10.5. The Hall–Kier alpha value is -2.48. The third-order valence-electron chi connectivity index (χ3n) is 7.13. The van der Waals surface area contributed by atoms with Crippen molar-refractivity contribution in [2.24, 2.45) is 0 Å². The summed E-state index contributed by atoms with van der Waals surface area (Å²) in [5.74, 6) is -29.7. The molecule has 6 nitrogen and oxygen atoms in total. The highest BCUT2D eigenvalue weighted by Gasteiger charge is 2.83. The standard InChI is InChI=1S/C24H20F18N4O2S2/c25-17(26,21(33,34)35)19(29,30)23(39,40)49-45-8-4-43(5-9-45)15(47)13-2-1-3-14(12-13)16(48)44-6-10-46(11-7-44)50-24(41,42)20(31,32)18(27,28)22(36,37)38/h1-3,12H,4-11H2. The number of halogens is 18. The van der Waals surface area contributed by atoms with Gasteiger partial charge in [-0.25, -0.2) is 8.61 Å². The average Bonchev–Trinajstić information content (AvgIpc) is 2.99. The van der Waals surface area contributed by atoms with E-state index < -0.39 is 135 Å². The van der Waals surface area contributed by atoms with E-state index in [1.807, 2.05) is 0 Å². The van der Waals surface area contributed by atoms with Crippen molar-refractivity contribution in [2.45, 2.75) is 46.6 Å². The molecule has 286 valence electrons. The van der Waals surface area contributed by atoms with Crippen LogP contribution in [0.3, 0.4) is 0 Å². The summed E-state index contributed by atoms with van der Waals surface area (Å²) in [5, 5.41) is -11.9. The molecule has 2 fully saturated rings. The summed E-state index contributed by atoms with van der Waals surface area (Å²) < 4.78 is 238. The van der Waals surface area contributed by atoms with E-state index in [1.54, 1.807) is 0 Å². The molecule has 2 aliphatic rings. The molecular weight excluding hydrogens is 782 g/mol. The van der Waals surface area contributed by atoms with Gasteiger partial charge in [-0.05, 0) is 18.2 Å². The average molecular weight is 803 g/mol. The van der Waals surface area contributed by atoms with Crippen LogP contribution in [-0.2, 0) is 0 Å². The Kier molecular flexibility index (Phi) is 11.6. The Morgan fingerprint density at radius 1 is 0.460 bits per heavy atom. The van der Waals surface area contributed by atoms with E-state index in [4.69, 9.17) is 0 Å². The fourth-order valence-corrected chi connectivity index (χ4v) is 6.10. The molecule has 0 N–H and O–H groups in total. The van der Waals surface area contributed by atoms with Gasteiger partial charge in [0.1, 0.15) is 0 Å². The highest BCUT2D eigenvalue weighted by Crippen LogP contribution is 2.58. The van der Waals surface area contributed by atoms with E-state index in [2.05, 4.69) is 0 Å². The fraction of sp³-hybridized carbons (Fsp3) is 0.667. The Balaban J connectivity index is 1.59. The molecule has 1 aromatic rings. The number of nitrogens with zero attached hydrogens (tertiary/aromatic N) is 4. The molecule has 50 heavy (non-hydrogen) atoms. The number of hydrogen-bond donors (Lipinski definition) is 0. The van der Waals surface area contributed by atoms with E-state index in [1.165, 1.54) is 6.07 Å². The molecule has 1 aromatic carbocycles. The zero-order valence-corrected chi connectivity index (χ0v) is 25.8. The second-order valence-corrected chi connectivity index (χ2v) is 13.0. The van der Waals surface area contributed by atoms with Crippen LogP contribution in [0.5, 0.6) is 0 Å². The number of carbonyl (C=O) groups excluding carboxylic acids is 2. The van der Waals surface area contributed by atoms with Gasteiger partial charge in [-0.1, -0.05) is 6.07 Å². The van der Waals surface area contributed by atoms with Crippen LogP contribution in [0, 0.1) is 0 Å². The summed E-state index contributed by atoms with van der Waals surface area (Å²) in [6.45, 7) is -4.95. The van der Waals surface area contributed by atoms with Crippen molar-refractivity contribution in [2.75, 3.05) is 52.4 Å². The number of hydrogen-bond acceptors (Lipinski definition) is 6. The van der Waals surface area contributed by atoms with E-state index in [0.717, 1.165) is 28.0 Å². The van der Waals surface area contributed by atoms with Gasteiger partial charge in [0.15, 0.2) is 0 Å². The lowest BCUT2D eigenvalue weighted by molar-refractivity contribution is -0.381. The molecule has 0 saturated carbocycles. The predicted octanol–water partition coefficient (Wildman–Crippen LogP) is 7.35. The van der Waals surface area contributed by atoms with E-state index in [9.17, 15) is 88.6 Å². The van der Waals surface area contributed by atoms with Gasteiger partial charge < -0.3 is 9.80 Å². The molecule has 26 heteroatoms. The minimum atomic E-state index is -7.09. The van der Waals surface area contributed by atoms with Crippen molar-refractivity contribution >= 4 is 35.7 Å². The summed E-state index contributed by atoms with van der Waals surface area (Å²) in [6.07, 6.45) is -14.0. The maximum atomic E-state index is 14.0. The summed E-state index contributed by atoms with van der Waals surface area (Å²) in [6, 6.07) is 4.48. The third kappa shape index (κ3) is 7.80. The number of alkyl halides is 18. The molecule has 3 rings (SSSR count). The maximum absolute atomic E-state index is 14.0. The Bertz CT molecular complexity index is 1290. The molecular formula is C24H20F18N4O2S2. The van der Waals surface area contributed by atoms with E-state index in [-0.39, 0.29) is 11.1 Å². The Labute approximate surface area is 277 Å². The molecule has 0 radical (unpaired) electrons. The number of carbonyl (C=O) groups is 2. The molecule has 2 aliphatic heterocycles. The third-order valence-corrected chi connectivity index (χ3v) is 9.35. The van der Waals surface area contributed by atoms with Gasteiger partial charge in [-0.2, -0.15) is 79.0 Å². The van der Waals surface area contributed by atoms with Crippen LogP contribution in [-0.4, -0.2) is 129 Å². The lowest BCUT2D eigenvalue weighted by atomic mass is 10.1. The predicted molar refractivity (Wildman–Crippen MR) is 138 cm³/mol. The Morgan fingerprint density at radius 3 is 1.00 bits per heavy atom. The normalized spacial score (nSPS) is 18.8. The first kappa shape index (κ1) is 41.9. The monoisotopic (exact) mass is 802 g/mol. The summed E-state index contributed by atoms with van der Waals surface area (Å²) in [7, 11) is 0. The quantitative estimate of drug-likeness (QED) is 0.182. The zero-order valence-electron chi connectivity index (χ0n) is 24.2. The smallest absolute Gasteiger partial charge is 0.336 e. The molecule has 0 atom stereocenters. The van der Waals surface area contributed by atoms with Gasteiger partial charge in [0.2, 0.25) is 0 Å². The van der Waals surface area contributed by atoms with E-state index >= 15 is 0 Å². The van der Waals surface area contributed by atoms with Crippen LogP contribution in [0.4, 0.5) is 79.0 Å². The van der Waals surface area contributed by atoms with Crippen molar-refractivity contribution in [3.63, 3.8) is 0 Å². The molecule has 0 bridgehead atoms. The van der Waals surface area contributed by atoms with Gasteiger partial charge in [0.05, 0.1) is 0 Å². The van der Waals surface area contributed by atoms with Crippen molar-refractivity contribution in [3.05, 3.63) is 35.4 Å². The van der Waals surface area contributed by atoms with Crippen LogP contribution >= 0.6 is 23.9 Å². The highest BCUT2D eigenvalue weighted by atomic mass is 32.2. The molecule has 2 saturated heterocycles. The number of amides is 2. The lowest BCUT2D eigenvalue weighted by Gasteiger charge is -2.38. The number of benzene rings is 1. The summed E-state index contributed by atoms with van der Waals surface area (Å²) in [4.78, 5) is 27.8. The molecule has 2 heterocycles. The van der Waals surface area contributed by atoms with Crippen molar-refractivity contribution in [1.29, 1.82) is 0 Å². The fourth-order valence-electron chi connectivity index (χ4n) is 4.28. The summed E-state index contributed by atoms with van der Waals surface area (Å²) >= 11 is -2.54. The first-order valence-corrected chi connectivity index (χ1v) is 14.9. The molecule has 0 aromatic heterocycles. The number of piperazine rings is 2. The SMILES string of the molecule is O=C(c1cccc(C(=O)N2CCN(SC(F)(F)C(F)(F)C(F)(F)C(F)(F)F)CC2)c1)N1CCN(SC(F)(F)C(F)(F)C(F)(F)C(F)(F)F)CC1. The van der Waals surface area contributed by atoms with Crippen molar-refractivity contribution < 1.29 is 88.6 Å². The minimum Gasteiger partial charge on any atom is -0.336 e. The van der Waals surface area contributed by atoms with Gasteiger partial charge in [0, 0.05) is 87.4 Å². The second kappa shape index (κ2) is 13.8. The van der Waals surface area contributed by atoms with Crippen molar-refractivity contribution in [3.8, 4) is 0 Å². The van der Waals surface area contributed by atoms with Crippen LogP contribution in [0.25, 0.3) is 0 Å². The topological polar surface area (TPSA) is 47.1 Å². The summed E-state index contributed by atoms with van der Waals surface area (Å²) in [5.41, 5.74) is -0.472.